The molecule has 4 aliphatic rings. The van der Waals surface area contributed by atoms with E-state index < -0.39 is 80.8 Å². The summed E-state index contributed by atoms with van der Waals surface area (Å²) in [6.07, 6.45) is 3.49. The highest BCUT2D eigenvalue weighted by molar-refractivity contribution is 5.97. The lowest BCUT2D eigenvalue weighted by Gasteiger charge is -2.69. The quantitative estimate of drug-likeness (QED) is 0.253. The van der Waals surface area contributed by atoms with Crippen LogP contribution in [0.4, 0.5) is 0 Å². The molecule has 1 aromatic rings. The number of carbonyl (C=O) groups excluding carboxylic acids is 4. The van der Waals surface area contributed by atoms with Crippen molar-refractivity contribution >= 4 is 23.7 Å². The molecule has 0 bridgehead atoms. The maximum atomic E-state index is 14.7. The van der Waals surface area contributed by atoms with Crippen molar-refractivity contribution in [3.05, 3.63) is 36.3 Å². The Kier molecular flexibility index (Phi) is 6.08. The molecule has 3 heterocycles. The molecule has 5 rings (SSSR count). The van der Waals surface area contributed by atoms with Crippen molar-refractivity contribution in [3.8, 4) is 0 Å². The van der Waals surface area contributed by atoms with E-state index in [1.165, 1.54) is 32.6 Å². The highest BCUT2D eigenvalue weighted by Crippen LogP contribution is 2.79. The Labute approximate surface area is 233 Å². The zero-order valence-corrected chi connectivity index (χ0v) is 24.2. The molecule has 10 nitrogen and oxygen atoms in total. The number of Topliss-reactive ketones (excluding diaryl/α,β-unsaturated/α-hetero) is 1. The molecule has 1 spiro atoms. The van der Waals surface area contributed by atoms with Gasteiger partial charge in [-0.15, -0.1) is 0 Å². The molecule has 10 heteroatoms. The highest BCUT2D eigenvalue weighted by atomic mass is 16.7. The van der Waals surface area contributed by atoms with Crippen molar-refractivity contribution in [1.82, 2.24) is 0 Å². The average molecular weight is 559 g/mol. The van der Waals surface area contributed by atoms with Crippen LogP contribution in [0.3, 0.4) is 0 Å². The summed E-state index contributed by atoms with van der Waals surface area (Å²) in [7, 11) is 1.25. The van der Waals surface area contributed by atoms with E-state index in [-0.39, 0.29) is 0 Å². The summed E-state index contributed by atoms with van der Waals surface area (Å²) in [6, 6.07) is 1.73. The number of hydrogen-bond donors (Lipinski definition) is 1. The molecule has 4 fully saturated rings. The molecule has 40 heavy (non-hydrogen) atoms. The van der Waals surface area contributed by atoms with Crippen molar-refractivity contribution in [2.24, 2.45) is 27.6 Å². The number of carbonyl (C=O) groups is 4. The first-order valence-electron chi connectivity index (χ1n) is 13.6. The summed E-state index contributed by atoms with van der Waals surface area (Å²) in [6.45, 7) is 11.9. The van der Waals surface area contributed by atoms with E-state index in [4.69, 9.17) is 23.4 Å². The van der Waals surface area contributed by atoms with Crippen molar-refractivity contribution in [3.63, 3.8) is 0 Å². The smallest absolute Gasteiger partial charge is 0.339 e. The van der Waals surface area contributed by atoms with Crippen molar-refractivity contribution in [1.29, 1.82) is 0 Å². The fourth-order valence-corrected chi connectivity index (χ4v) is 8.85. The zero-order chi connectivity index (χ0) is 29.7. The first kappa shape index (κ1) is 28.5. The Balaban J connectivity index is 1.80. The Morgan fingerprint density at radius 1 is 1.15 bits per heavy atom. The molecule has 2 aliphatic carbocycles. The lowest BCUT2D eigenvalue weighted by atomic mass is 9.35. The van der Waals surface area contributed by atoms with E-state index in [1.807, 2.05) is 6.92 Å². The highest BCUT2D eigenvalue weighted by Gasteiger charge is 2.90. The van der Waals surface area contributed by atoms with Crippen LogP contribution in [-0.4, -0.2) is 59.3 Å². The predicted octanol–water partition coefficient (Wildman–Crippen LogP) is 3.46. The fourth-order valence-electron chi connectivity index (χ4n) is 8.85. The molecular formula is C30H38O10. The molecule has 2 saturated heterocycles. The molecule has 218 valence electrons. The van der Waals surface area contributed by atoms with E-state index in [0.29, 0.717) is 18.4 Å². The van der Waals surface area contributed by atoms with Gasteiger partial charge in [-0.05, 0) is 30.2 Å². The maximum Gasteiger partial charge on any atom is 0.339 e. The van der Waals surface area contributed by atoms with Crippen molar-refractivity contribution in [2.75, 3.05) is 7.11 Å². The molecule has 2 saturated carbocycles. The van der Waals surface area contributed by atoms with Gasteiger partial charge in [0.15, 0.2) is 12.2 Å². The lowest BCUT2D eigenvalue weighted by Crippen LogP contribution is -2.80. The number of epoxide rings is 1. The van der Waals surface area contributed by atoms with Crippen LogP contribution in [0.1, 0.15) is 73.0 Å². The van der Waals surface area contributed by atoms with Gasteiger partial charge in [0, 0.05) is 34.8 Å². The lowest BCUT2D eigenvalue weighted by molar-refractivity contribution is -0.271. The van der Waals surface area contributed by atoms with Crippen LogP contribution in [0.25, 0.3) is 0 Å². The number of rotatable bonds is 4. The van der Waals surface area contributed by atoms with Crippen molar-refractivity contribution in [2.45, 2.75) is 90.8 Å². The molecule has 1 aromatic heterocycles. The number of ketones is 1. The fraction of sp³-hybridized carbons (Fsp3) is 0.667. The third kappa shape index (κ3) is 3.17. The number of fused-ring (bicyclic) bond motifs is 1. The van der Waals surface area contributed by atoms with E-state index in [9.17, 15) is 24.3 Å². The zero-order valence-electron chi connectivity index (χ0n) is 24.2. The van der Waals surface area contributed by atoms with Crippen LogP contribution in [0.5, 0.6) is 0 Å². The number of hydrogen-bond acceptors (Lipinski definition) is 10. The van der Waals surface area contributed by atoms with E-state index in [2.05, 4.69) is 0 Å². The molecule has 1 N–H and O–H groups in total. The summed E-state index contributed by atoms with van der Waals surface area (Å²) in [4.78, 5) is 52.9. The van der Waals surface area contributed by atoms with Gasteiger partial charge in [0.25, 0.3) is 0 Å². The first-order valence-corrected chi connectivity index (χ1v) is 13.6. The summed E-state index contributed by atoms with van der Waals surface area (Å²) in [5.41, 5.74) is -7.27. The first-order chi connectivity index (χ1) is 18.5. The Morgan fingerprint density at radius 2 is 1.82 bits per heavy atom. The van der Waals surface area contributed by atoms with Gasteiger partial charge in [-0.2, -0.15) is 0 Å². The number of cyclic esters (lactones) is 1. The second-order valence-electron chi connectivity index (χ2n) is 13.4. The Hall–Kier alpha value is -2.98. The summed E-state index contributed by atoms with van der Waals surface area (Å²) < 4.78 is 28.3. The number of esters is 3. The van der Waals surface area contributed by atoms with Crippen LogP contribution < -0.4 is 0 Å². The average Bonchev–Trinajstić information content (AvgIpc) is 3.45. The molecule has 9 atom stereocenters. The minimum Gasteiger partial charge on any atom is -0.472 e. The third-order valence-electron chi connectivity index (χ3n) is 10.6. The summed E-state index contributed by atoms with van der Waals surface area (Å²) in [5.74, 6) is -3.22. The summed E-state index contributed by atoms with van der Waals surface area (Å²) >= 11 is 0. The van der Waals surface area contributed by atoms with E-state index in [0.717, 1.165) is 0 Å². The second-order valence-corrected chi connectivity index (χ2v) is 13.4. The number of furan rings is 1. The van der Waals surface area contributed by atoms with Gasteiger partial charge in [0.1, 0.15) is 17.3 Å². The largest absolute Gasteiger partial charge is 0.472 e. The number of ether oxygens (including phenoxy) is 4. The van der Waals surface area contributed by atoms with Crippen LogP contribution in [0, 0.1) is 27.6 Å². The Bertz CT molecular complexity index is 1290. The van der Waals surface area contributed by atoms with Gasteiger partial charge in [-0.25, -0.2) is 9.59 Å². The molecule has 0 radical (unpaired) electrons. The minimum absolute atomic E-state index is 0.433. The number of aliphatic hydroxyl groups is 1. The van der Waals surface area contributed by atoms with Gasteiger partial charge in [-0.3, -0.25) is 9.59 Å². The minimum atomic E-state index is -2.08. The van der Waals surface area contributed by atoms with Gasteiger partial charge in [-0.1, -0.05) is 47.6 Å². The van der Waals surface area contributed by atoms with Gasteiger partial charge in [0.05, 0.1) is 19.6 Å². The van der Waals surface area contributed by atoms with Crippen LogP contribution in [0.15, 0.2) is 35.2 Å². The van der Waals surface area contributed by atoms with E-state index in [1.54, 1.807) is 46.8 Å². The SMILES string of the molecule is COC(=O)C=CC1(C)C2CCC3(C)C(c4ccoc4)OC(=O)C4OC43C2(C)C(OC(C)=O)C(=O)C1(O)C(C)(C)C. The molecule has 0 amide bonds. The standard InChI is InChI=1S/C30H38O10/c1-16(31)38-22-20(33)29(35,25(2,3)4)26(5,13-10-19(32)36-8)18-9-12-27(6)21(17-11-14-37-15-17)39-24(34)23-30(27,40-23)28(18,22)7/h10-11,13-15,18,21-23,35H,9,12H2,1-8H3. The van der Waals surface area contributed by atoms with Gasteiger partial charge < -0.3 is 28.5 Å². The van der Waals surface area contributed by atoms with Crippen LogP contribution in [0.2, 0.25) is 0 Å². The molecular weight excluding hydrogens is 520 g/mol. The second kappa shape index (κ2) is 8.52. The van der Waals surface area contributed by atoms with Gasteiger partial charge in [0.2, 0.25) is 5.78 Å². The van der Waals surface area contributed by atoms with Crippen LogP contribution in [-0.2, 0) is 38.1 Å². The molecule has 2 aliphatic heterocycles. The molecule has 9 unspecified atom stereocenters. The predicted molar refractivity (Wildman–Crippen MR) is 138 cm³/mol. The normalized spacial score (nSPS) is 44.2. The maximum absolute atomic E-state index is 14.7. The summed E-state index contributed by atoms with van der Waals surface area (Å²) in [5, 5.41) is 12.5. The topological polar surface area (TPSA) is 142 Å². The monoisotopic (exact) mass is 558 g/mol. The third-order valence-corrected chi connectivity index (χ3v) is 10.6. The van der Waals surface area contributed by atoms with Crippen molar-refractivity contribution < 1.29 is 47.6 Å². The van der Waals surface area contributed by atoms with E-state index >= 15 is 0 Å². The van der Waals surface area contributed by atoms with Gasteiger partial charge >= 0.3 is 17.9 Å². The number of methoxy groups -OCH3 is 1. The molecule has 0 aromatic carbocycles. The van der Waals surface area contributed by atoms with Crippen LogP contribution >= 0.6 is 0 Å². The Morgan fingerprint density at radius 3 is 2.38 bits per heavy atom.